The van der Waals surface area contributed by atoms with Gasteiger partial charge in [0.2, 0.25) is 0 Å². The van der Waals surface area contributed by atoms with Gasteiger partial charge in [0.05, 0.1) is 11.6 Å². The first kappa shape index (κ1) is 11.0. The van der Waals surface area contributed by atoms with Crippen molar-refractivity contribution >= 4 is 0 Å². The van der Waals surface area contributed by atoms with Crippen molar-refractivity contribution in [3.05, 3.63) is 53.6 Å². The number of aryl methyl sites for hydroxylation is 1. The van der Waals surface area contributed by atoms with Gasteiger partial charge in [0.25, 0.3) is 0 Å². The van der Waals surface area contributed by atoms with Gasteiger partial charge in [-0.05, 0) is 55.0 Å². The van der Waals surface area contributed by atoms with Gasteiger partial charge in [-0.3, -0.25) is 0 Å². The fraction of sp³-hybridized carbons (Fsp3) is 0.0714. The Balaban J connectivity index is 2.22. The normalized spacial score (nSPS) is 9.65. The van der Waals surface area contributed by atoms with E-state index in [9.17, 15) is 0 Å². The second-order valence-electron chi connectivity index (χ2n) is 3.68. The van der Waals surface area contributed by atoms with Crippen molar-refractivity contribution in [2.45, 2.75) is 6.92 Å². The molecule has 2 aromatic rings. The average molecular weight is 225 g/mol. The van der Waals surface area contributed by atoms with E-state index in [1.165, 1.54) is 0 Å². The molecule has 0 spiro atoms. The maximum atomic E-state index is 9.14. The summed E-state index contributed by atoms with van der Waals surface area (Å²) in [7, 11) is 0. The van der Waals surface area contributed by atoms with Gasteiger partial charge in [0.15, 0.2) is 0 Å². The minimum absolute atomic E-state index is 0.202. The number of nitrogens with zero attached hydrogens (tertiary/aromatic N) is 1. The van der Waals surface area contributed by atoms with Crippen LogP contribution in [0.2, 0.25) is 0 Å². The second-order valence-corrected chi connectivity index (χ2v) is 3.68. The van der Waals surface area contributed by atoms with E-state index < -0.39 is 0 Å². The minimum Gasteiger partial charge on any atom is -0.508 e. The lowest BCUT2D eigenvalue weighted by Crippen LogP contribution is -1.87. The summed E-state index contributed by atoms with van der Waals surface area (Å²) in [4.78, 5) is 0. The molecule has 2 rings (SSSR count). The first-order chi connectivity index (χ1) is 8.19. The summed E-state index contributed by atoms with van der Waals surface area (Å²) in [5.41, 5.74) is 1.52. The van der Waals surface area contributed by atoms with Crippen LogP contribution in [0.1, 0.15) is 11.1 Å². The van der Waals surface area contributed by atoms with Gasteiger partial charge in [-0.25, -0.2) is 0 Å². The minimum atomic E-state index is 0.202. The van der Waals surface area contributed by atoms with Crippen LogP contribution in [0.15, 0.2) is 42.5 Å². The Kier molecular flexibility index (Phi) is 2.97. The first-order valence-corrected chi connectivity index (χ1v) is 5.16. The molecule has 0 radical (unpaired) electrons. The highest BCUT2D eigenvalue weighted by atomic mass is 16.5. The van der Waals surface area contributed by atoms with Gasteiger partial charge in [-0.15, -0.1) is 0 Å². The standard InChI is InChI=1S/C14H11NO2/c1-10-8-14(5-2-11(10)9-15)17-13-6-3-12(16)4-7-13/h2-8,16H,1H3. The molecule has 84 valence electrons. The maximum Gasteiger partial charge on any atom is 0.127 e. The highest BCUT2D eigenvalue weighted by molar-refractivity contribution is 5.43. The lowest BCUT2D eigenvalue weighted by Gasteiger charge is -2.07. The quantitative estimate of drug-likeness (QED) is 0.852. The van der Waals surface area contributed by atoms with E-state index in [2.05, 4.69) is 6.07 Å². The predicted molar refractivity (Wildman–Crippen MR) is 64.1 cm³/mol. The molecule has 0 bridgehead atoms. The molecular weight excluding hydrogens is 214 g/mol. The summed E-state index contributed by atoms with van der Waals surface area (Å²) in [6.45, 7) is 1.86. The van der Waals surface area contributed by atoms with Gasteiger partial charge in [0, 0.05) is 0 Å². The van der Waals surface area contributed by atoms with Gasteiger partial charge >= 0.3 is 0 Å². The highest BCUT2D eigenvalue weighted by Gasteiger charge is 2.01. The molecule has 3 nitrogen and oxygen atoms in total. The Morgan fingerprint density at radius 1 is 1.06 bits per heavy atom. The molecule has 0 saturated heterocycles. The molecule has 1 N–H and O–H groups in total. The third-order valence-corrected chi connectivity index (χ3v) is 2.39. The van der Waals surface area contributed by atoms with Gasteiger partial charge in [-0.2, -0.15) is 5.26 Å². The molecule has 0 aromatic heterocycles. The van der Waals surface area contributed by atoms with E-state index in [-0.39, 0.29) is 5.75 Å². The zero-order valence-electron chi connectivity index (χ0n) is 9.34. The monoisotopic (exact) mass is 225 g/mol. The summed E-state index contributed by atoms with van der Waals surface area (Å²) < 4.78 is 5.59. The molecule has 0 aliphatic carbocycles. The molecule has 0 atom stereocenters. The van der Waals surface area contributed by atoms with Crippen molar-refractivity contribution in [3.63, 3.8) is 0 Å². The van der Waals surface area contributed by atoms with E-state index in [0.717, 1.165) is 5.56 Å². The second kappa shape index (κ2) is 4.58. The fourth-order valence-corrected chi connectivity index (χ4v) is 1.48. The summed E-state index contributed by atoms with van der Waals surface area (Å²) in [5.74, 6) is 1.52. The lowest BCUT2D eigenvalue weighted by molar-refractivity contribution is 0.464. The van der Waals surface area contributed by atoms with Crippen molar-refractivity contribution in [2.75, 3.05) is 0 Å². The molecule has 3 heteroatoms. The van der Waals surface area contributed by atoms with E-state index in [1.54, 1.807) is 36.4 Å². The number of phenolic OH excluding ortho intramolecular Hbond substituents is 1. The van der Waals surface area contributed by atoms with Crippen LogP contribution in [0.4, 0.5) is 0 Å². The van der Waals surface area contributed by atoms with Crippen LogP contribution in [0.3, 0.4) is 0 Å². The number of benzene rings is 2. The molecule has 2 aromatic carbocycles. The van der Waals surface area contributed by atoms with Crippen LogP contribution in [0.5, 0.6) is 17.2 Å². The third kappa shape index (κ3) is 2.56. The van der Waals surface area contributed by atoms with Crippen molar-refractivity contribution in [3.8, 4) is 23.3 Å². The summed E-state index contributed by atoms with van der Waals surface area (Å²) in [6, 6.07) is 13.9. The molecule has 0 heterocycles. The van der Waals surface area contributed by atoms with Crippen molar-refractivity contribution < 1.29 is 9.84 Å². The summed E-state index contributed by atoms with van der Waals surface area (Å²) >= 11 is 0. The zero-order chi connectivity index (χ0) is 12.3. The Bertz CT molecular complexity index is 568. The molecule has 17 heavy (non-hydrogen) atoms. The third-order valence-electron chi connectivity index (χ3n) is 2.39. The SMILES string of the molecule is Cc1cc(Oc2ccc(O)cc2)ccc1C#N. The molecule has 0 saturated carbocycles. The summed E-state index contributed by atoms with van der Waals surface area (Å²) in [6.07, 6.45) is 0. The van der Waals surface area contributed by atoms with Gasteiger partial charge in [-0.1, -0.05) is 0 Å². The van der Waals surface area contributed by atoms with E-state index in [0.29, 0.717) is 17.1 Å². The maximum absolute atomic E-state index is 9.14. The highest BCUT2D eigenvalue weighted by Crippen LogP contribution is 2.24. The van der Waals surface area contributed by atoms with Crippen molar-refractivity contribution in [2.24, 2.45) is 0 Å². The summed E-state index contributed by atoms with van der Waals surface area (Å²) in [5, 5.41) is 18.0. The number of nitriles is 1. The number of ether oxygens (including phenoxy) is 1. The van der Waals surface area contributed by atoms with Crippen molar-refractivity contribution in [1.82, 2.24) is 0 Å². The first-order valence-electron chi connectivity index (χ1n) is 5.16. The van der Waals surface area contributed by atoms with Crippen LogP contribution >= 0.6 is 0 Å². The van der Waals surface area contributed by atoms with Crippen LogP contribution in [-0.2, 0) is 0 Å². The Labute approximate surface area is 99.5 Å². The van der Waals surface area contributed by atoms with Gasteiger partial charge in [0.1, 0.15) is 17.2 Å². The lowest BCUT2D eigenvalue weighted by atomic mass is 10.1. The molecule has 0 aliphatic rings. The van der Waals surface area contributed by atoms with E-state index >= 15 is 0 Å². The van der Waals surface area contributed by atoms with Gasteiger partial charge < -0.3 is 9.84 Å². The van der Waals surface area contributed by atoms with E-state index in [4.69, 9.17) is 15.1 Å². The zero-order valence-corrected chi connectivity index (χ0v) is 9.34. The van der Waals surface area contributed by atoms with Crippen LogP contribution in [0, 0.1) is 18.3 Å². The molecule has 0 unspecified atom stereocenters. The predicted octanol–water partition coefficient (Wildman–Crippen LogP) is 3.36. The number of hydrogen-bond donors (Lipinski definition) is 1. The molecule has 0 aliphatic heterocycles. The molecule has 0 amide bonds. The number of rotatable bonds is 2. The Morgan fingerprint density at radius 2 is 1.71 bits per heavy atom. The largest absolute Gasteiger partial charge is 0.508 e. The number of aromatic hydroxyl groups is 1. The Morgan fingerprint density at radius 3 is 2.29 bits per heavy atom. The van der Waals surface area contributed by atoms with Crippen molar-refractivity contribution in [1.29, 1.82) is 5.26 Å². The number of hydrogen-bond acceptors (Lipinski definition) is 3. The Hall–Kier alpha value is -2.47. The fourth-order valence-electron chi connectivity index (χ4n) is 1.48. The molecule has 0 fully saturated rings. The average Bonchev–Trinajstić information content (AvgIpc) is 2.32. The smallest absolute Gasteiger partial charge is 0.127 e. The van der Waals surface area contributed by atoms with Crippen LogP contribution < -0.4 is 4.74 Å². The molecular formula is C14H11NO2. The van der Waals surface area contributed by atoms with E-state index in [1.807, 2.05) is 13.0 Å². The number of phenols is 1. The van der Waals surface area contributed by atoms with Crippen LogP contribution in [0.25, 0.3) is 0 Å². The van der Waals surface area contributed by atoms with Crippen LogP contribution in [-0.4, -0.2) is 5.11 Å². The topological polar surface area (TPSA) is 53.2 Å².